The highest BCUT2D eigenvalue weighted by atomic mass is 32.1. The van der Waals surface area contributed by atoms with Gasteiger partial charge in [0.1, 0.15) is 24.0 Å². The number of nitrogens with zero attached hydrogens (tertiary/aromatic N) is 2. The van der Waals surface area contributed by atoms with Gasteiger partial charge in [-0.15, -0.1) is 11.3 Å². The van der Waals surface area contributed by atoms with E-state index in [4.69, 9.17) is 19.9 Å². The highest BCUT2D eigenvalue weighted by Gasteiger charge is 2.38. The number of thiophene rings is 1. The lowest BCUT2D eigenvalue weighted by atomic mass is 10.1. The molecule has 0 aliphatic carbocycles. The summed E-state index contributed by atoms with van der Waals surface area (Å²) in [5.74, 6) is -0.552. The number of morpholine rings is 1. The fourth-order valence-corrected chi connectivity index (χ4v) is 5.60. The van der Waals surface area contributed by atoms with E-state index in [2.05, 4.69) is 17.0 Å². The molecule has 0 unspecified atom stereocenters. The molecule has 1 aromatic carbocycles. The fourth-order valence-electron chi connectivity index (χ4n) is 4.66. The van der Waals surface area contributed by atoms with Crippen LogP contribution in [0, 0.1) is 0 Å². The van der Waals surface area contributed by atoms with Crippen molar-refractivity contribution in [3.8, 4) is 5.75 Å². The van der Waals surface area contributed by atoms with Gasteiger partial charge in [0.2, 0.25) is 5.91 Å². The molecule has 0 spiro atoms. The number of benzene rings is 1. The molecule has 9 nitrogen and oxygen atoms in total. The first-order valence-electron chi connectivity index (χ1n) is 13.0. The van der Waals surface area contributed by atoms with E-state index < -0.39 is 23.5 Å². The molecule has 2 N–H and O–H groups in total. The summed E-state index contributed by atoms with van der Waals surface area (Å²) in [6.07, 6.45) is 1.10. The quantitative estimate of drug-likeness (QED) is 0.434. The maximum Gasteiger partial charge on any atom is 0.306 e. The number of amides is 2. The lowest BCUT2D eigenvalue weighted by Gasteiger charge is -2.26. The molecular formula is C28H37N3O6S. The first kappa shape index (κ1) is 28.1. The van der Waals surface area contributed by atoms with Gasteiger partial charge >= 0.3 is 5.97 Å². The summed E-state index contributed by atoms with van der Waals surface area (Å²) < 4.78 is 16.8. The van der Waals surface area contributed by atoms with E-state index in [0.29, 0.717) is 12.2 Å². The predicted octanol–water partition coefficient (Wildman–Crippen LogP) is 3.13. The molecule has 2 amide bonds. The molecule has 1 saturated heterocycles. The summed E-state index contributed by atoms with van der Waals surface area (Å²) in [6, 6.07) is 7.23. The van der Waals surface area contributed by atoms with Crippen molar-refractivity contribution in [2.45, 2.75) is 64.8 Å². The Morgan fingerprint density at radius 2 is 1.87 bits per heavy atom. The van der Waals surface area contributed by atoms with Gasteiger partial charge in [0.25, 0.3) is 5.91 Å². The molecule has 0 radical (unpaired) electrons. The lowest BCUT2D eigenvalue weighted by molar-refractivity contribution is -0.155. The number of hydrogen-bond acceptors (Lipinski definition) is 8. The SMILES string of the molecule is CC(C)(C)OC(=O)CC[C@@H](C(N)=O)N1Cc2c(csc2COc2ccc(CCN3CCOCC3)cc2)C1=O. The van der Waals surface area contributed by atoms with Crippen molar-refractivity contribution in [3.63, 3.8) is 0 Å². The molecule has 38 heavy (non-hydrogen) atoms. The highest BCUT2D eigenvalue weighted by molar-refractivity contribution is 7.10. The van der Waals surface area contributed by atoms with Crippen LogP contribution in [0.3, 0.4) is 0 Å². The first-order valence-corrected chi connectivity index (χ1v) is 13.9. The summed E-state index contributed by atoms with van der Waals surface area (Å²) in [6.45, 7) is 10.5. The van der Waals surface area contributed by atoms with E-state index in [0.717, 1.165) is 55.5 Å². The molecule has 2 aliphatic rings. The van der Waals surface area contributed by atoms with Gasteiger partial charge in [0.05, 0.1) is 18.8 Å². The number of fused-ring (bicyclic) bond motifs is 1. The minimum atomic E-state index is -0.883. The maximum absolute atomic E-state index is 13.1. The number of carbonyl (C=O) groups is 3. The Bertz CT molecular complexity index is 1130. The second kappa shape index (κ2) is 12.3. The zero-order chi connectivity index (χ0) is 27.3. The van der Waals surface area contributed by atoms with Crippen LogP contribution in [0.1, 0.15) is 60.0 Å². The van der Waals surface area contributed by atoms with Gasteiger partial charge in [-0.05, 0) is 51.3 Å². The third-order valence-electron chi connectivity index (χ3n) is 6.66. The van der Waals surface area contributed by atoms with Crippen LogP contribution in [-0.4, -0.2) is 72.1 Å². The Balaban J connectivity index is 1.31. The summed E-state index contributed by atoms with van der Waals surface area (Å²) in [7, 11) is 0. The number of nitrogens with two attached hydrogens (primary N) is 1. The average molecular weight is 544 g/mol. The van der Waals surface area contributed by atoms with Gasteiger partial charge in [-0.25, -0.2) is 0 Å². The summed E-state index contributed by atoms with van der Waals surface area (Å²) in [4.78, 5) is 42.2. The second-order valence-electron chi connectivity index (χ2n) is 10.7. The Labute approximate surface area is 227 Å². The molecule has 4 rings (SSSR count). The zero-order valence-electron chi connectivity index (χ0n) is 22.4. The Morgan fingerprint density at radius 3 is 2.53 bits per heavy atom. The van der Waals surface area contributed by atoms with Gasteiger partial charge in [-0.1, -0.05) is 12.1 Å². The van der Waals surface area contributed by atoms with Crippen LogP contribution < -0.4 is 10.5 Å². The Kier molecular flexibility index (Phi) is 9.07. The second-order valence-corrected chi connectivity index (χ2v) is 11.6. The summed E-state index contributed by atoms with van der Waals surface area (Å²) >= 11 is 1.47. The predicted molar refractivity (Wildman–Crippen MR) is 144 cm³/mol. The smallest absolute Gasteiger partial charge is 0.306 e. The number of ether oxygens (including phenoxy) is 3. The molecule has 10 heteroatoms. The number of carbonyl (C=O) groups excluding carboxylic acids is 3. The normalized spacial score (nSPS) is 16.8. The molecular weight excluding hydrogens is 506 g/mol. The zero-order valence-corrected chi connectivity index (χ0v) is 23.2. The summed E-state index contributed by atoms with van der Waals surface area (Å²) in [5, 5.41) is 1.80. The number of esters is 1. The van der Waals surface area contributed by atoms with Crippen LogP contribution in [0.5, 0.6) is 5.75 Å². The molecule has 206 valence electrons. The van der Waals surface area contributed by atoms with Crippen LogP contribution >= 0.6 is 11.3 Å². The summed E-state index contributed by atoms with van der Waals surface area (Å²) in [5.41, 5.74) is 7.68. The van der Waals surface area contributed by atoms with Crippen LogP contribution in [0.4, 0.5) is 0 Å². The standard InChI is InChI=1S/C28H37N3O6S/c1-28(2,3)37-25(32)9-8-23(26(29)33)31-16-21-22(27(31)34)18-38-24(21)17-36-20-6-4-19(5-7-20)10-11-30-12-14-35-15-13-30/h4-7,18,23H,8-17H2,1-3H3,(H2,29,33)/t23-/m0/s1. The van der Waals surface area contributed by atoms with Crippen molar-refractivity contribution in [1.29, 1.82) is 0 Å². The first-order chi connectivity index (χ1) is 18.1. The highest BCUT2D eigenvalue weighted by Crippen LogP contribution is 2.34. The van der Waals surface area contributed by atoms with E-state index in [1.165, 1.54) is 21.8 Å². The van der Waals surface area contributed by atoms with Crippen LogP contribution in [0.25, 0.3) is 0 Å². The number of hydrogen-bond donors (Lipinski definition) is 1. The Hall–Kier alpha value is -2.95. The average Bonchev–Trinajstić information content (AvgIpc) is 3.41. The molecule has 1 atom stereocenters. The molecule has 0 bridgehead atoms. The van der Waals surface area contributed by atoms with Gasteiger partial charge in [0, 0.05) is 48.4 Å². The van der Waals surface area contributed by atoms with E-state index in [-0.39, 0.29) is 25.3 Å². The Morgan fingerprint density at radius 1 is 1.16 bits per heavy atom. The molecule has 0 saturated carbocycles. The molecule has 2 aliphatic heterocycles. The third kappa shape index (κ3) is 7.33. The third-order valence-corrected chi connectivity index (χ3v) is 7.66. The fraction of sp³-hybridized carbons (Fsp3) is 0.536. The maximum atomic E-state index is 13.1. The molecule has 2 aromatic rings. The van der Waals surface area contributed by atoms with Gasteiger partial charge in [-0.3, -0.25) is 19.3 Å². The van der Waals surface area contributed by atoms with Crippen LogP contribution in [-0.2, 0) is 38.6 Å². The van der Waals surface area contributed by atoms with Gasteiger partial charge in [0.15, 0.2) is 0 Å². The topological polar surface area (TPSA) is 111 Å². The number of primary amides is 1. The van der Waals surface area contributed by atoms with E-state index in [9.17, 15) is 14.4 Å². The minimum Gasteiger partial charge on any atom is -0.488 e. The van der Waals surface area contributed by atoms with E-state index in [1.54, 1.807) is 26.2 Å². The largest absolute Gasteiger partial charge is 0.488 e. The van der Waals surface area contributed by atoms with Crippen molar-refractivity contribution in [3.05, 3.63) is 51.2 Å². The van der Waals surface area contributed by atoms with Crippen molar-refractivity contribution in [2.75, 3.05) is 32.8 Å². The van der Waals surface area contributed by atoms with E-state index >= 15 is 0 Å². The number of rotatable bonds is 11. The lowest BCUT2D eigenvalue weighted by Crippen LogP contribution is -2.45. The van der Waals surface area contributed by atoms with Crippen LogP contribution in [0.15, 0.2) is 29.6 Å². The van der Waals surface area contributed by atoms with Crippen molar-refractivity contribution in [2.24, 2.45) is 5.73 Å². The van der Waals surface area contributed by atoms with Crippen LogP contribution in [0.2, 0.25) is 0 Å². The molecule has 1 aromatic heterocycles. The minimum absolute atomic E-state index is 0.0000870. The van der Waals surface area contributed by atoms with Crippen molar-refractivity contribution >= 4 is 29.1 Å². The van der Waals surface area contributed by atoms with Crippen molar-refractivity contribution < 1.29 is 28.6 Å². The van der Waals surface area contributed by atoms with Gasteiger partial charge in [-0.2, -0.15) is 0 Å². The van der Waals surface area contributed by atoms with Gasteiger partial charge < -0.3 is 24.8 Å². The molecule has 3 heterocycles. The monoisotopic (exact) mass is 543 g/mol. The van der Waals surface area contributed by atoms with E-state index in [1.807, 2.05) is 12.1 Å². The molecule has 1 fully saturated rings. The van der Waals surface area contributed by atoms with Crippen molar-refractivity contribution in [1.82, 2.24) is 9.80 Å².